The fourth-order valence-corrected chi connectivity index (χ4v) is 4.21. The lowest BCUT2D eigenvalue weighted by Crippen LogP contribution is -2.46. The molecule has 2 aliphatic rings. The fourth-order valence-electron chi connectivity index (χ4n) is 4.21. The molecule has 5 nitrogen and oxygen atoms in total. The van der Waals surface area contributed by atoms with Crippen molar-refractivity contribution in [2.75, 3.05) is 38.1 Å². The number of halogens is 1. The summed E-state index contributed by atoms with van der Waals surface area (Å²) in [5.74, 6) is -0.512. The first kappa shape index (κ1) is 18.7. The van der Waals surface area contributed by atoms with Gasteiger partial charge in [-0.05, 0) is 43.5 Å². The molecule has 2 fully saturated rings. The Hall–Kier alpha value is -2.11. The molecular formula is C20H28FN3O2. The van der Waals surface area contributed by atoms with E-state index in [0.717, 1.165) is 50.9 Å². The van der Waals surface area contributed by atoms with Crippen LogP contribution in [0.4, 0.5) is 10.1 Å². The molecule has 2 atom stereocenters. The highest BCUT2D eigenvalue weighted by Gasteiger charge is 2.37. The summed E-state index contributed by atoms with van der Waals surface area (Å²) >= 11 is 0. The maximum Gasteiger partial charge on any atom is 0.226 e. The Morgan fingerprint density at radius 3 is 2.35 bits per heavy atom. The highest BCUT2D eigenvalue weighted by Crippen LogP contribution is 2.32. The number of anilines is 1. The van der Waals surface area contributed by atoms with Crippen LogP contribution in [0.2, 0.25) is 0 Å². The number of carbonyl (C=O) groups excluding carboxylic acids is 2. The standard InChI is InChI=1S/C20H28FN3O2/c1-22-19(25)17-5-2-3-6-18(17)20(26)24-12-4-11-23(13-14-24)16-9-7-15(21)8-10-16/h7-10,17-18H,2-6,11-14H2,1H3,(H,22,25)/t17-,18+/m1/s1. The van der Waals surface area contributed by atoms with E-state index in [1.807, 2.05) is 4.90 Å². The molecule has 1 aromatic rings. The molecule has 2 amide bonds. The summed E-state index contributed by atoms with van der Waals surface area (Å²) in [6.45, 7) is 2.94. The van der Waals surface area contributed by atoms with Gasteiger partial charge in [0.2, 0.25) is 11.8 Å². The predicted octanol–water partition coefficient (Wildman–Crippen LogP) is 2.42. The van der Waals surface area contributed by atoms with Gasteiger partial charge in [-0.25, -0.2) is 4.39 Å². The van der Waals surface area contributed by atoms with Crippen molar-refractivity contribution in [3.63, 3.8) is 0 Å². The van der Waals surface area contributed by atoms with Gasteiger partial charge in [0.05, 0.1) is 0 Å². The summed E-state index contributed by atoms with van der Waals surface area (Å²) in [5, 5.41) is 2.72. The van der Waals surface area contributed by atoms with E-state index in [1.165, 1.54) is 12.1 Å². The quantitative estimate of drug-likeness (QED) is 0.900. The monoisotopic (exact) mass is 361 g/mol. The van der Waals surface area contributed by atoms with Crippen molar-refractivity contribution in [2.45, 2.75) is 32.1 Å². The molecule has 1 aromatic carbocycles. The van der Waals surface area contributed by atoms with Crippen molar-refractivity contribution in [1.29, 1.82) is 0 Å². The van der Waals surface area contributed by atoms with E-state index in [9.17, 15) is 14.0 Å². The smallest absolute Gasteiger partial charge is 0.226 e. The maximum atomic E-state index is 13.1. The number of nitrogens with one attached hydrogen (secondary N) is 1. The minimum absolute atomic E-state index is 0.00851. The molecule has 0 unspecified atom stereocenters. The highest BCUT2D eigenvalue weighted by molar-refractivity contribution is 5.87. The number of hydrogen-bond acceptors (Lipinski definition) is 3. The Labute approximate surface area is 154 Å². The van der Waals surface area contributed by atoms with E-state index < -0.39 is 0 Å². The minimum atomic E-state index is -0.238. The lowest BCUT2D eigenvalue weighted by Gasteiger charge is -2.33. The molecule has 0 spiro atoms. The first-order valence-electron chi connectivity index (χ1n) is 9.61. The molecule has 0 aromatic heterocycles. The molecule has 1 saturated heterocycles. The van der Waals surface area contributed by atoms with Gasteiger partial charge >= 0.3 is 0 Å². The highest BCUT2D eigenvalue weighted by atomic mass is 19.1. The van der Waals surface area contributed by atoms with Crippen LogP contribution in [-0.4, -0.2) is 49.9 Å². The molecule has 6 heteroatoms. The largest absolute Gasteiger partial charge is 0.370 e. The molecule has 1 aliphatic heterocycles. The predicted molar refractivity (Wildman–Crippen MR) is 99.3 cm³/mol. The summed E-state index contributed by atoms with van der Waals surface area (Å²) < 4.78 is 13.1. The molecule has 1 N–H and O–H groups in total. The summed E-state index contributed by atoms with van der Waals surface area (Å²) in [7, 11) is 1.64. The van der Waals surface area contributed by atoms with E-state index >= 15 is 0 Å². The second-order valence-corrected chi connectivity index (χ2v) is 7.25. The summed E-state index contributed by atoms with van der Waals surface area (Å²) in [4.78, 5) is 29.4. The normalized spacial score (nSPS) is 24.1. The second-order valence-electron chi connectivity index (χ2n) is 7.25. The topological polar surface area (TPSA) is 52.7 Å². The van der Waals surface area contributed by atoms with Crippen molar-refractivity contribution in [3.05, 3.63) is 30.1 Å². The lowest BCUT2D eigenvalue weighted by molar-refractivity contribution is -0.143. The second kappa shape index (κ2) is 8.52. The van der Waals surface area contributed by atoms with Gasteiger partial charge in [0.1, 0.15) is 5.82 Å². The zero-order valence-electron chi connectivity index (χ0n) is 15.4. The van der Waals surface area contributed by atoms with Crippen molar-refractivity contribution < 1.29 is 14.0 Å². The molecule has 1 heterocycles. The Balaban J connectivity index is 1.65. The van der Waals surface area contributed by atoms with Crippen LogP contribution in [0.1, 0.15) is 32.1 Å². The first-order chi connectivity index (χ1) is 12.6. The van der Waals surface area contributed by atoms with Crippen LogP contribution in [0.25, 0.3) is 0 Å². The average Bonchev–Trinajstić information content (AvgIpc) is 2.93. The third-order valence-electron chi connectivity index (χ3n) is 5.67. The Morgan fingerprint density at radius 1 is 0.962 bits per heavy atom. The van der Waals surface area contributed by atoms with E-state index in [1.54, 1.807) is 19.2 Å². The molecule has 142 valence electrons. The van der Waals surface area contributed by atoms with Crippen LogP contribution < -0.4 is 10.2 Å². The van der Waals surface area contributed by atoms with Crippen LogP contribution in [0.15, 0.2) is 24.3 Å². The molecular weight excluding hydrogens is 333 g/mol. The van der Waals surface area contributed by atoms with Gasteiger partial charge in [-0.1, -0.05) is 12.8 Å². The number of amides is 2. The van der Waals surface area contributed by atoms with Crippen molar-refractivity contribution in [3.8, 4) is 0 Å². The summed E-state index contributed by atoms with van der Waals surface area (Å²) in [6, 6.07) is 6.52. The van der Waals surface area contributed by atoms with Crippen LogP contribution >= 0.6 is 0 Å². The van der Waals surface area contributed by atoms with Crippen LogP contribution in [-0.2, 0) is 9.59 Å². The average molecular weight is 361 g/mol. The van der Waals surface area contributed by atoms with E-state index in [4.69, 9.17) is 0 Å². The number of nitrogens with zero attached hydrogens (tertiary/aromatic N) is 2. The lowest BCUT2D eigenvalue weighted by atomic mass is 9.78. The van der Waals surface area contributed by atoms with Crippen molar-refractivity contribution in [2.24, 2.45) is 11.8 Å². The van der Waals surface area contributed by atoms with Gasteiger partial charge in [-0.15, -0.1) is 0 Å². The third kappa shape index (κ3) is 4.17. The van der Waals surface area contributed by atoms with E-state index in [2.05, 4.69) is 10.2 Å². The van der Waals surface area contributed by atoms with Gasteiger partial charge in [0.25, 0.3) is 0 Å². The Kier molecular flexibility index (Phi) is 6.12. The van der Waals surface area contributed by atoms with Gasteiger partial charge in [0.15, 0.2) is 0 Å². The summed E-state index contributed by atoms with van der Waals surface area (Å²) in [5.41, 5.74) is 0.988. The van der Waals surface area contributed by atoms with Crippen LogP contribution in [0.3, 0.4) is 0 Å². The molecule has 0 bridgehead atoms. The third-order valence-corrected chi connectivity index (χ3v) is 5.67. The van der Waals surface area contributed by atoms with Gasteiger partial charge in [0, 0.05) is 50.7 Å². The minimum Gasteiger partial charge on any atom is -0.370 e. The maximum absolute atomic E-state index is 13.1. The molecule has 3 rings (SSSR count). The number of rotatable bonds is 3. The van der Waals surface area contributed by atoms with Crippen molar-refractivity contribution >= 4 is 17.5 Å². The van der Waals surface area contributed by atoms with E-state index in [0.29, 0.717) is 13.1 Å². The van der Waals surface area contributed by atoms with Gasteiger partial charge < -0.3 is 15.1 Å². The van der Waals surface area contributed by atoms with Crippen LogP contribution in [0.5, 0.6) is 0 Å². The number of carbonyl (C=O) groups is 2. The molecule has 1 aliphatic carbocycles. The van der Waals surface area contributed by atoms with Gasteiger partial charge in [-0.2, -0.15) is 0 Å². The van der Waals surface area contributed by atoms with Crippen molar-refractivity contribution in [1.82, 2.24) is 10.2 Å². The zero-order chi connectivity index (χ0) is 18.5. The van der Waals surface area contributed by atoms with Gasteiger partial charge in [-0.3, -0.25) is 9.59 Å². The Bertz CT molecular complexity index is 634. The van der Waals surface area contributed by atoms with Crippen LogP contribution in [0, 0.1) is 17.7 Å². The molecule has 26 heavy (non-hydrogen) atoms. The molecule has 1 saturated carbocycles. The first-order valence-corrected chi connectivity index (χ1v) is 9.61. The number of hydrogen-bond donors (Lipinski definition) is 1. The summed E-state index contributed by atoms with van der Waals surface area (Å²) in [6.07, 6.45) is 4.50. The fraction of sp³-hybridized carbons (Fsp3) is 0.600. The van der Waals surface area contributed by atoms with E-state index in [-0.39, 0.29) is 29.5 Å². The molecule has 0 radical (unpaired) electrons. The zero-order valence-corrected chi connectivity index (χ0v) is 15.4. The number of benzene rings is 1. The Morgan fingerprint density at radius 2 is 1.65 bits per heavy atom. The SMILES string of the molecule is CNC(=O)[C@@H]1CCCC[C@@H]1C(=O)N1CCCN(c2ccc(F)cc2)CC1.